The van der Waals surface area contributed by atoms with Gasteiger partial charge in [0.15, 0.2) is 5.65 Å². The van der Waals surface area contributed by atoms with E-state index in [2.05, 4.69) is 20.1 Å². The number of carbonyl (C=O) groups is 1. The van der Waals surface area contributed by atoms with Crippen molar-refractivity contribution in [3.05, 3.63) is 48.4 Å². The first-order valence-electron chi connectivity index (χ1n) is 7.39. The van der Waals surface area contributed by atoms with Crippen LogP contribution in [0.25, 0.3) is 5.65 Å². The van der Waals surface area contributed by atoms with Gasteiger partial charge in [0.2, 0.25) is 0 Å². The number of hydrogen-bond donors (Lipinski definition) is 1. The number of carbonyl (C=O) groups excluding carboxylic acids is 1. The van der Waals surface area contributed by atoms with Crippen molar-refractivity contribution in [1.29, 1.82) is 0 Å². The number of rotatable bonds is 2. The molecule has 4 rings (SSSR count). The van der Waals surface area contributed by atoms with Gasteiger partial charge in [0.05, 0.1) is 18.7 Å². The molecular formula is C15H16N6O. The van der Waals surface area contributed by atoms with Crippen LogP contribution in [0.15, 0.2) is 37.1 Å². The molecule has 0 spiro atoms. The van der Waals surface area contributed by atoms with Gasteiger partial charge in [-0.15, -0.1) is 0 Å². The third kappa shape index (κ3) is 2.24. The minimum absolute atomic E-state index is 0.0233. The predicted molar refractivity (Wildman–Crippen MR) is 79.5 cm³/mol. The van der Waals surface area contributed by atoms with Gasteiger partial charge in [-0.1, -0.05) is 0 Å². The Morgan fingerprint density at radius 1 is 1.27 bits per heavy atom. The molecule has 112 valence electrons. The van der Waals surface area contributed by atoms with Crippen LogP contribution < -0.4 is 0 Å². The van der Waals surface area contributed by atoms with Crippen LogP contribution in [0.1, 0.15) is 34.9 Å². The smallest absolute Gasteiger partial charge is 0.271 e. The normalized spacial score (nSPS) is 16.3. The lowest BCUT2D eigenvalue weighted by Gasteiger charge is -2.31. The average Bonchev–Trinajstić information content (AvgIpc) is 3.25. The molecule has 0 saturated carbocycles. The molecule has 22 heavy (non-hydrogen) atoms. The maximum atomic E-state index is 12.3. The highest BCUT2D eigenvalue weighted by molar-refractivity contribution is 5.92. The molecule has 3 aromatic heterocycles. The minimum Gasteiger partial charge on any atom is -0.341 e. The molecule has 1 N–H and O–H groups in total. The molecule has 4 heterocycles. The van der Waals surface area contributed by atoms with E-state index in [4.69, 9.17) is 0 Å². The summed E-state index contributed by atoms with van der Waals surface area (Å²) in [7, 11) is 0. The van der Waals surface area contributed by atoms with Gasteiger partial charge in [0.25, 0.3) is 5.91 Å². The van der Waals surface area contributed by atoms with E-state index in [1.165, 1.54) is 6.33 Å². The summed E-state index contributed by atoms with van der Waals surface area (Å²) in [6, 6.07) is 3.93. The average molecular weight is 296 g/mol. The standard InChI is InChI=1S/C15H16N6O/c22-15(13-9-16-10-17-13)20-6-2-11(3-7-20)12-4-8-21-14(19-12)1-5-18-21/h1,4-5,8-11H,2-3,6-7H2,(H,16,17). The maximum absolute atomic E-state index is 12.3. The molecule has 0 unspecified atom stereocenters. The lowest BCUT2D eigenvalue weighted by molar-refractivity contribution is 0.0706. The summed E-state index contributed by atoms with van der Waals surface area (Å²) >= 11 is 0. The van der Waals surface area contributed by atoms with Gasteiger partial charge in [-0.3, -0.25) is 4.79 Å². The number of nitrogens with zero attached hydrogens (tertiary/aromatic N) is 5. The van der Waals surface area contributed by atoms with Crippen molar-refractivity contribution >= 4 is 11.6 Å². The molecule has 1 aliphatic heterocycles. The Hall–Kier alpha value is -2.70. The van der Waals surface area contributed by atoms with E-state index in [-0.39, 0.29) is 5.91 Å². The van der Waals surface area contributed by atoms with E-state index < -0.39 is 0 Å². The zero-order chi connectivity index (χ0) is 14.9. The van der Waals surface area contributed by atoms with Crippen LogP contribution in [0.4, 0.5) is 0 Å². The Bertz CT molecular complexity index is 785. The summed E-state index contributed by atoms with van der Waals surface area (Å²) in [4.78, 5) is 25.6. The maximum Gasteiger partial charge on any atom is 0.271 e. The van der Waals surface area contributed by atoms with Crippen molar-refractivity contribution in [2.45, 2.75) is 18.8 Å². The van der Waals surface area contributed by atoms with E-state index in [0.717, 1.165) is 37.3 Å². The van der Waals surface area contributed by atoms with Crippen LogP contribution in [-0.4, -0.2) is 48.5 Å². The van der Waals surface area contributed by atoms with Crippen molar-refractivity contribution in [3.63, 3.8) is 0 Å². The lowest BCUT2D eigenvalue weighted by atomic mass is 9.93. The largest absolute Gasteiger partial charge is 0.341 e. The van der Waals surface area contributed by atoms with Crippen molar-refractivity contribution in [1.82, 2.24) is 29.5 Å². The molecule has 7 nitrogen and oxygen atoms in total. The molecule has 7 heteroatoms. The predicted octanol–water partition coefficient (Wildman–Crippen LogP) is 1.47. The molecule has 1 saturated heterocycles. The highest BCUT2D eigenvalue weighted by Crippen LogP contribution is 2.27. The van der Waals surface area contributed by atoms with Crippen LogP contribution in [0.5, 0.6) is 0 Å². The number of fused-ring (bicyclic) bond motifs is 1. The highest BCUT2D eigenvalue weighted by atomic mass is 16.2. The van der Waals surface area contributed by atoms with Gasteiger partial charge in [0, 0.05) is 37.0 Å². The second kappa shape index (κ2) is 5.25. The Balaban J connectivity index is 1.46. The second-order valence-electron chi connectivity index (χ2n) is 5.52. The molecule has 0 aromatic carbocycles. The minimum atomic E-state index is 0.0233. The number of nitrogens with one attached hydrogen (secondary N) is 1. The Morgan fingerprint density at radius 2 is 2.14 bits per heavy atom. The first kappa shape index (κ1) is 13.0. The molecule has 1 fully saturated rings. The van der Waals surface area contributed by atoms with Crippen molar-refractivity contribution in [2.24, 2.45) is 0 Å². The van der Waals surface area contributed by atoms with E-state index in [0.29, 0.717) is 11.6 Å². The van der Waals surface area contributed by atoms with E-state index in [1.807, 2.05) is 23.2 Å². The Morgan fingerprint density at radius 3 is 2.91 bits per heavy atom. The molecule has 0 aliphatic carbocycles. The fourth-order valence-corrected chi connectivity index (χ4v) is 2.98. The molecule has 0 bridgehead atoms. The second-order valence-corrected chi connectivity index (χ2v) is 5.52. The summed E-state index contributed by atoms with van der Waals surface area (Å²) in [5, 5.41) is 4.16. The third-order valence-electron chi connectivity index (χ3n) is 4.21. The Kier molecular flexibility index (Phi) is 3.10. The lowest BCUT2D eigenvalue weighted by Crippen LogP contribution is -2.38. The van der Waals surface area contributed by atoms with Gasteiger partial charge < -0.3 is 9.88 Å². The quantitative estimate of drug-likeness (QED) is 0.776. The molecule has 1 amide bonds. The topological polar surface area (TPSA) is 79.2 Å². The van der Waals surface area contributed by atoms with Crippen molar-refractivity contribution in [3.8, 4) is 0 Å². The molecule has 0 atom stereocenters. The molecule has 0 radical (unpaired) electrons. The SMILES string of the molecule is O=C(c1cnc[nH]1)N1CCC(c2ccn3nccc3n2)CC1. The monoisotopic (exact) mass is 296 g/mol. The van der Waals surface area contributed by atoms with Gasteiger partial charge >= 0.3 is 0 Å². The third-order valence-corrected chi connectivity index (χ3v) is 4.21. The summed E-state index contributed by atoms with van der Waals surface area (Å²) < 4.78 is 1.76. The first-order chi connectivity index (χ1) is 10.8. The number of hydrogen-bond acceptors (Lipinski definition) is 4. The van der Waals surface area contributed by atoms with Gasteiger partial charge in [-0.25, -0.2) is 14.5 Å². The number of likely N-dealkylation sites (tertiary alicyclic amines) is 1. The summed E-state index contributed by atoms with van der Waals surface area (Å²) in [6.07, 6.45) is 8.65. The van der Waals surface area contributed by atoms with Crippen LogP contribution in [-0.2, 0) is 0 Å². The number of imidazole rings is 1. The van der Waals surface area contributed by atoms with Crippen LogP contribution in [0.3, 0.4) is 0 Å². The summed E-state index contributed by atoms with van der Waals surface area (Å²) in [5.41, 5.74) is 2.51. The van der Waals surface area contributed by atoms with Crippen LogP contribution >= 0.6 is 0 Å². The van der Waals surface area contributed by atoms with E-state index in [1.54, 1.807) is 16.9 Å². The fourth-order valence-electron chi connectivity index (χ4n) is 2.98. The summed E-state index contributed by atoms with van der Waals surface area (Å²) in [5.74, 6) is 0.417. The number of piperidine rings is 1. The Labute approximate surface area is 127 Å². The molecule has 1 aliphatic rings. The number of H-pyrrole nitrogens is 1. The van der Waals surface area contributed by atoms with E-state index in [9.17, 15) is 4.79 Å². The summed E-state index contributed by atoms with van der Waals surface area (Å²) in [6.45, 7) is 1.49. The molecule has 3 aromatic rings. The van der Waals surface area contributed by atoms with Crippen LogP contribution in [0, 0.1) is 0 Å². The zero-order valence-corrected chi connectivity index (χ0v) is 12.0. The zero-order valence-electron chi connectivity index (χ0n) is 12.0. The number of aromatic nitrogens is 5. The highest BCUT2D eigenvalue weighted by Gasteiger charge is 2.26. The van der Waals surface area contributed by atoms with Crippen molar-refractivity contribution in [2.75, 3.05) is 13.1 Å². The fraction of sp³-hybridized carbons (Fsp3) is 0.333. The van der Waals surface area contributed by atoms with Gasteiger partial charge in [-0.2, -0.15) is 5.10 Å². The number of aromatic amines is 1. The van der Waals surface area contributed by atoms with Crippen LogP contribution in [0.2, 0.25) is 0 Å². The molecular weight excluding hydrogens is 280 g/mol. The van der Waals surface area contributed by atoms with Gasteiger partial charge in [0.1, 0.15) is 5.69 Å². The first-order valence-corrected chi connectivity index (χ1v) is 7.39. The van der Waals surface area contributed by atoms with E-state index >= 15 is 0 Å². The number of amides is 1. The van der Waals surface area contributed by atoms with Gasteiger partial charge in [-0.05, 0) is 18.9 Å². The van der Waals surface area contributed by atoms with Crippen molar-refractivity contribution < 1.29 is 4.79 Å².